The van der Waals surface area contributed by atoms with Crippen LogP contribution in [0.4, 0.5) is 13.2 Å². The SMILES string of the molecule is FC(F)(F)c1cc(CSCc2nncs2)cs1. The van der Waals surface area contributed by atoms with Crippen LogP contribution in [0.2, 0.25) is 0 Å². The summed E-state index contributed by atoms with van der Waals surface area (Å²) in [6.07, 6.45) is -4.23. The summed E-state index contributed by atoms with van der Waals surface area (Å²) >= 11 is 3.72. The van der Waals surface area contributed by atoms with E-state index in [0.29, 0.717) is 17.1 Å². The fourth-order valence-corrected chi connectivity index (χ4v) is 3.57. The summed E-state index contributed by atoms with van der Waals surface area (Å²) in [5.74, 6) is 1.24. The van der Waals surface area contributed by atoms with E-state index in [9.17, 15) is 13.2 Å². The Labute approximate surface area is 108 Å². The molecule has 0 aliphatic rings. The Kier molecular flexibility index (Phi) is 4.05. The van der Waals surface area contributed by atoms with Crippen LogP contribution in [-0.2, 0) is 17.7 Å². The van der Waals surface area contributed by atoms with Crippen molar-refractivity contribution in [3.63, 3.8) is 0 Å². The second-order valence-electron chi connectivity index (χ2n) is 3.14. The molecule has 0 N–H and O–H groups in total. The molecule has 0 aliphatic heterocycles. The maximum absolute atomic E-state index is 12.3. The Morgan fingerprint density at radius 1 is 1.24 bits per heavy atom. The molecular formula is C9H7F3N2S3. The molecule has 0 unspecified atom stereocenters. The van der Waals surface area contributed by atoms with Crippen molar-refractivity contribution in [2.24, 2.45) is 0 Å². The van der Waals surface area contributed by atoms with Crippen molar-refractivity contribution in [3.8, 4) is 0 Å². The lowest BCUT2D eigenvalue weighted by atomic mass is 10.3. The molecular weight excluding hydrogens is 289 g/mol. The Balaban J connectivity index is 1.85. The summed E-state index contributed by atoms with van der Waals surface area (Å²) in [4.78, 5) is -0.538. The number of hydrogen-bond donors (Lipinski definition) is 0. The first-order valence-corrected chi connectivity index (χ1v) is 7.44. The zero-order valence-corrected chi connectivity index (χ0v) is 10.8. The first-order chi connectivity index (χ1) is 8.05. The number of alkyl halides is 3. The largest absolute Gasteiger partial charge is 0.425 e. The van der Waals surface area contributed by atoms with Crippen LogP contribution >= 0.6 is 34.4 Å². The van der Waals surface area contributed by atoms with E-state index in [4.69, 9.17) is 0 Å². The van der Waals surface area contributed by atoms with Crippen molar-refractivity contribution in [1.82, 2.24) is 10.2 Å². The van der Waals surface area contributed by atoms with Gasteiger partial charge in [0.15, 0.2) is 0 Å². The maximum atomic E-state index is 12.3. The predicted octanol–water partition coefficient (Wildman–Crippen LogP) is 4.05. The molecule has 17 heavy (non-hydrogen) atoms. The summed E-state index contributed by atoms with van der Waals surface area (Å²) < 4.78 is 37.0. The van der Waals surface area contributed by atoms with E-state index in [1.807, 2.05) is 0 Å². The quantitative estimate of drug-likeness (QED) is 0.851. The maximum Gasteiger partial charge on any atom is 0.425 e. The van der Waals surface area contributed by atoms with Crippen molar-refractivity contribution < 1.29 is 13.2 Å². The molecule has 0 fully saturated rings. The molecule has 2 heterocycles. The van der Waals surface area contributed by atoms with Gasteiger partial charge >= 0.3 is 6.18 Å². The summed E-state index contributed by atoms with van der Waals surface area (Å²) in [5.41, 5.74) is 2.35. The van der Waals surface area contributed by atoms with Gasteiger partial charge in [0.25, 0.3) is 0 Å². The molecule has 0 aliphatic carbocycles. The average Bonchev–Trinajstić information content (AvgIpc) is 2.86. The highest BCUT2D eigenvalue weighted by Gasteiger charge is 2.32. The predicted molar refractivity (Wildman–Crippen MR) is 64.2 cm³/mol. The van der Waals surface area contributed by atoms with Crippen LogP contribution in [-0.4, -0.2) is 10.2 Å². The lowest BCUT2D eigenvalue weighted by Gasteiger charge is -2.00. The van der Waals surface area contributed by atoms with Gasteiger partial charge in [-0.2, -0.15) is 13.2 Å². The fourth-order valence-electron chi connectivity index (χ4n) is 1.11. The molecule has 2 aromatic rings. The molecule has 0 spiro atoms. The first kappa shape index (κ1) is 12.8. The summed E-state index contributed by atoms with van der Waals surface area (Å²) in [5, 5.41) is 10.00. The van der Waals surface area contributed by atoms with Gasteiger partial charge in [0, 0.05) is 11.5 Å². The second kappa shape index (κ2) is 5.36. The van der Waals surface area contributed by atoms with Crippen LogP contribution in [0.3, 0.4) is 0 Å². The lowest BCUT2D eigenvalue weighted by Crippen LogP contribution is -2.00. The highest BCUT2D eigenvalue weighted by molar-refractivity contribution is 7.97. The smallest absolute Gasteiger partial charge is 0.165 e. The van der Waals surface area contributed by atoms with E-state index >= 15 is 0 Å². The van der Waals surface area contributed by atoms with E-state index in [1.165, 1.54) is 29.2 Å². The van der Waals surface area contributed by atoms with Crippen molar-refractivity contribution in [2.45, 2.75) is 17.7 Å². The molecule has 8 heteroatoms. The van der Waals surface area contributed by atoms with Crippen LogP contribution in [0.15, 0.2) is 17.0 Å². The third-order valence-corrected chi connectivity index (χ3v) is 4.75. The molecule has 0 radical (unpaired) electrons. The first-order valence-electron chi connectivity index (χ1n) is 4.53. The van der Waals surface area contributed by atoms with Crippen LogP contribution in [0.5, 0.6) is 0 Å². The van der Waals surface area contributed by atoms with Crippen molar-refractivity contribution in [1.29, 1.82) is 0 Å². The topological polar surface area (TPSA) is 25.8 Å². The number of nitrogens with zero attached hydrogens (tertiary/aromatic N) is 2. The van der Waals surface area contributed by atoms with E-state index in [1.54, 1.807) is 10.9 Å². The number of thiophene rings is 1. The zero-order valence-electron chi connectivity index (χ0n) is 8.40. The van der Waals surface area contributed by atoms with E-state index in [-0.39, 0.29) is 0 Å². The second-order valence-corrected chi connectivity index (χ2v) is 5.96. The number of halogens is 3. The van der Waals surface area contributed by atoms with Crippen molar-refractivity contribution in [3.05, 3.63) is 32.4 Å². The third kappa shape index (κ3) is 3.68. The van der Waals surface area contributed by atoms with Gasteiger partial charge in [0.05, 0.1) is 0 Å². The van der Waals surface area contributed by atoms with E-state index < -0.39 is 11.1 Å². The standard InChI is InChI=1S/C9H7F3N2S3/c10-9(11,12)7-1-6(3-16-7)2-15-4-8-14-13-5-17-8/h1,3,5H,2,4H2. The Hall–Kier alpha value is -0.600. The van der Waals surface area contributed by atoms with E-state index in [0.717, 1.165) is 16.3 Å². The molecule has 0 amide bonds. The van der Waals surface area contributed by atoms with Crippen molar-refractivity contribution >= 4 is 34.4 Å². The van der Waals surface area contributed by atoms with E-state index in [2.05, 4.69) is 10.2 Å². The minimum atomic E-state index is -4.23. The van der Waals surface area contributed by atoms with Gasteiger partial charge in [0.1, 0.15) is 15.4 Å². The minimum Gasteiger partial charge on any atom is -0.165 e. The molecule has 0 saturated heterocycles. The zero-order chi connectivity index (χ0) is 12.3. The van der Waals surface area contributed by atoms with Crippen molar-refractivity contribution in [2.75, 3.05) is 0 Å². The molecule has 0 bridgehead atoms. The number of rotatable bonds is 4. The van der Waals surface area contributed by atoms with Crippen LogP contribution < -0.4 is 0 Å². The summed E-state index contributed by atoms with van der Waals surface area (Å²) in [6, 6.07) is 1.21. The Bertz CT molecular complexity index is 464. The number of thioether (sulfide) groups is 1. The highest BCUT2D eigenvalue weighted by Crippen LogP contribution is 2.35. The normalized spacial score (nSPS) is 11.9. The van der Waals surface area contributed by atoms with Gasteiger partial charge in [0.2, 0.25) is 0 Å². The molecule has 0 atom stereocenters. The van der Waals surface area contributed by atoms with Crippen LogP contribution in [0, 0.1) is 0 Å². The number of hydrogen-bond acceptors (Lipinski definition) is 5. The molecule has 0 aromatic carbocycles. The molecule has 2 aromatic heterocycles. The van der Waals surface area contributed by atoms with Crippen LogP contribution in [0.25, 0.3) is 0 Å². The molecule has 0 saturated carbocycles. The molecule has 2 rings (SSSR count). The molecule has 2 nitrogen and oxygen atoms in total. The van der Waals surface area contributed by atoms with Gasteiger partial charge in [-0.25, -0.2) is 0 Å². The minimum absolute atomic E-state index is 0.538. The Morgan fingerprint density at radius 3 is 2.65 bits per heavy atom. The number of aromatic nitrogens is 2. The third-order valence-electron chi connectivity index (χ3n) is 1.83. The molecule has 92 valence electrons. The van der Waals surface area contributed by atoms with Gasteiger partial charge in [-0.1, -0.05) is 0 Å². The fraction of sp³-hybridized carbons (Fsp3) is 0.333. The Morgan fingerprint density at radius 2 is 2.06 bits per heavy atom. The monoisotopic (exact) mass is 296 g/mol. The van der Waals surface area contributed by atoms with Gasteiger partial charge < -0.3 is 0 Å². The van der Waals surface area contributed by atoms with Gasteiger partial charge in [-0.05, 0) is 17.0 Å². The summed E-state index contributed by atoms with van der Waals surface area (Å²) in [7, 11) is 0. The summed E-state index contributed by atoms with van der Waals surface area (Å²) in [6.45, 7) is 0. The lowest BCUT2D eigenvalue weighted by molar-refractivity contribution is -0.134. The van der Waals surface area contributed by atoms with Gasteiger partial charge in [-0.3, -0.25) is 0 Å². The van der Waals surface area contributed by atoms with Gasteiger partial charge in [-0.15, -0.1) is 44.6 Å². The van der Waals surface area contributed by atoms with Crippen LogP contribution in [0.1, 0.15) is 15.4 Å². The highest BCUT2D eigenvalue weighted by atomic mass is 32.2. The average molecular weight is 296 g/mol.